The van der Waals surface area contributed by atoms with E-state index in [9.17, 15) is 5.11 Å². The first kappa shape index (κ1) is 13.1. The fourth-order valence-corrected chi connectivity index (χ4v) is 1.95. The molecule has 0 spiro atoms. The van der Waals surface area contributed by atoms with Gasteiger partial charge in [0.25, 0.3) is 0 Å². The maximum absolute atomic E-state index is 9.65. The molecule has 5 heteroatoms. The molecule has 0 aliphatic carbocycles. The normalized spacial score (nSPS) is 27.8. The molecule has 0 saturated carbocycles. The molecule has 3 atom stereocenters. The van der Waals surface area contributed by atoms with E-state index in [0.717, 1.165) is 5.75 Å². The standard InChI is InChI=1S/C13H18O5/c1-16-10-2-4-11(5-3-10)17-13-7-9(15)6-12(8-14)18-13/h2-5,9,12-15H,6-8H2,1H3/t9-,12-,13+/m0/s1. The zero-order valence-electron chi connectivity index (χ0n) is 10.3. The second kappa shape index (κ2) is 6.04. The van der Waals surface area contributed by atoms with Crippen LogP contribution in [0.4, 0.5) is 0 Å². The third kappa shape index (κ3) is 3.35. The van der Waals surface area contributed by atoms with Crippen LogP contribution in [0.15, 0.2) is 24.3 Å². The zero-order valence-corrected chi connectivity index (χ0v) is 10.3. The molecule has 1 heterocycles. The van der Waals surface area contributed by atoms with Crippen molar-refractivity contribution in [2.45, 2.75) is 31.3 Å². The van der Waals surface area contributed by atoms with Crippen LogP contribution in [0.3, 0.4) is 0 Å². The van der Waals surface area contributed by atoms with Gasteiger partial charge in [-0.15, -0.1) is 0 Å². The Hall–Kier alpha value is -1.30. The van der Waals surface area contributed by atoms with Crippen molar-refractivity contribution in [3.8, 4) is 11.5 Å². The van der Waals surface area contributed by atoms with E-state index in [0.29, 0.717) is 18.6 Å². The lowest BCUT2D eigenvalue weighted by Gasteiger charge is -2.32. The number of aliphatic hydroxyl groups excluding tert-OH is 2. The summed E-state index contributed by atoms with van der Waals surface area (Å²) in [7, 11) is 1.60. The maximum Gasteiger partial charge on any atom is 0.202 e. The molecule has 100 valence electrons. The number of methoxy groups -OCH3 is 1. The van der Waals surface area contributed by atoms with Gasteiger partial charge in [-0.1, -0.05) is 0 Å². The highest BCUT2D eigenvalue weighted by Crippen LogP contribution is 2.24. The molecule has 0 bridgehead atoms. The van der Waals surface area contributed by atoms with E-state index in [1.807, 2.05) is 0 Å². The molecule has 1 aliphatic heterocycles. The fourth-order valence-electron chi connectivity index (χ4n) is 1.95. The molecule has 1 saturated heterocycles. The molecule has 0 aromatic heterocycles. The van der Waals surface area contributed by atoms with E-state index in [1.54, 1.807) is 31.4 Å². The maximum atomic E-state index is 9.65. The Bertz CT molecular complexity index is 364. The Morgan fingerprint density at radius 1 is 1.22 bits per heavy atom. The van der Waals surface area contributed by atoms with Crippen LogP contribution in [0.2, 0.25) is 0 Å². The van der Waals surface area contributed by atoms with Crippen molar-refractivity contribution in [2.24, 2.45) is 0 Å². The lowest BCUT2D eigenvalue weighted by atomic mass is 10.1. The summed E-state index contributed by atoms with van der Waals surface area (Å²) >= 11 is 0. The van der Waals surface area contributed by atoms with Crippen LogP contribution < -0.4 is 9.47 Å². The van der Waals surface area contributed by atoms with Crippen molar-refractivity contribution in [2.75, 3.05) is 13.7 Å². The average Bonchev–Trinajstić information content (AvgIpc) is 2.39. The summed E-state index contributed by atoms with van der Waals surface area (Å²) in [5.41, 5.74) is 0. The van der Waals surface area contributed by atoms with Gasteiger partial charge in [-0.2, -0.15) is 0 Å². The fraction of sp³-hybridized carbons (Fsp3) is 0.538. The molecule has 2 N–H and O–H groups in total. The predicted molar refractivity (Wildman–Crippen MR) is 64.6 cm³/mol. The first-order valence-electron chi connectivity index (χ1n) is 5.96. The van der Waals surface area contributed by atoms with Crippen molar-refractivity contribution in [1.82, 2.24) is 0 Å². The van der Waals surface area contributed by atoms with Crippen molar-refractivity contribution in [3.63, 3.8) is 0 Å². The van der Waals surface area contributed by atoms with Crippen LogP contribution in [-0.4, -0.2) is 42.4 Å². The number of hydrogen-bond acceptors (Lipinski definition) is 5. The molecule has 0 unspecified atom stereocenters. The predicted octanol–water partition coefficient (Wildman–Crippen LogP) is 0.932. The monoisotopic (exact) mass is 254 g/mol. The molecule has 0 radical (unpaired) electrons. The minimum atomic E-state index is -0.528. The molecular formula is C13H18O5. The van der Waals surface area contributed by atoms with E-state index in [2.05, 4.69) is 0 Å². The molecule has 18 heavy (non-hydrogen) atoms. The number of hydrogen-bond donors (Lipinski definition) is 2. The Kier molecular flexibility index (Phi) is 4.41. The van der Waals surface area contributed by atoms with Crippen LogP contribution in [0.25, 0.3) is 0 Å². The van der Waals surface area contributed by atoms with Crippen molar-refractivity contribution in [3.05, 3.63) is 24.3 Å². The molecule has 5 nitrogen and oxygen atoms in total. The lowest BCUT2D eigenvalue weighted by molar-refractivity contribution is -0.184. The highest BCUT2D eigenvalue weighted by Gasteiger charge is 2.29. The Morgan fingerprint density at radius 3 is 2.50 bits per heavy atom. The van der Waals surface area contributed by atoms with E-state index < -0.39 is 12.4 Å². The second-order valence-electron chi connectivity index (χ2n) is 4.29. The summed E-state index contributed by atoms with van der Waals surface area (Å²) in [6, 6.07) is 7.13. The van der Waals surface area contributed by atoms with Crippen molar-refractivity contribution in [1.29, 1.82) is 0 Å². The van der Waals surface area contributed by atoms with Crippen LogP contribution in [0.5, 0.6) is 11.5 Å². The molecular weight excluding hydrogens is 236 g/mol. The van der Waals surface area contributed by atoms with Gasteiger partial charge in [-0.25, -0.2) is 0 Å². The third-order valence-electron chi connectivity index (χ3n) is 2.87. The zero-order chi connectivity index (χ0) is 13.0. The first-order valence-corrected chi connectivity index (χ1v) is 5.96. The molecule has 0 amide bonds. The summed E-state index contributed by atoms with van der Waals surface area (Å²) in [5, 5.41) is 18.7. The minimum absolute atomic E-state index is 0.112. The van der Waals surface area contributed by atoms with Crippen LogP contribution >= 0.6 is 0 Å². The van der Waals surface area contributed by atoms with Gasteiger partial charge in [-0.05, 0) is 24.3 Å². The minimum Gasteiger partial charge on any atom is -0.497 e. The van der Waals surface area contributed by atoms with E-state index in [4.69, 9.17) is 19.3 Å². The smallest absolute Gasteiger partial charge is 0.202 e. The van der Waals surface area contributed by atoms with Gasteiger partial charge in [-0.3, -0.25) is 0 Å². The largest absolute Gasteiger partial charge is 0.497 e. The molecule has 1 aromatic rings. The summed E-state index contributed by atoms with van der Waals surface area (Å²) in [5.74, 6) is 1.40. The Morgan fingerprint density at radius 2 is 1.89 bits per heavy atom. The first-order chi connectivity index (χ1) is 8.71. The topological polar surface area (TPSA) is 68.2 Å². The van der Waals surface area contributed by atoms with E-state index in [1.165, 1.54) is 0 Å². The van der Waals surface area contributed by atoms with Gasteiger partial charge in [0, 0.05) is 12.8 Å². The average molecular weight is 254 g/mol. The molecule has 2 rings (SSSR count). The Balaban J connectivity index is 1.95. The quantitative estimate of drug-likeness (QED) is 0.836. The number of rotatable bonds is 4. The summed E-state index contributed by atoms with van der Waals surface area (Å²) in [6.45, 7) is -0.112. The number of benzene rings is 1. The highest BCUT2D eigenvalue weighted by molar-refractivity contribution is 5.31. The van der Waals surface area contributed by atoms with Gasteiger partial charge in [0.1, 0.15) is 11.5 Å². The van der Waals surface area contributed by atoms with E-state index >= 15 is 0 Å². The highest BCUT2D eigenvalue weighted by atomic mass is 16.7. The second-order valence-corrected chi connectivity index (χ2v) is 4.29. The van der Waals surface area contributed by atoms with Crippen LogP contribution in [-0.2, 0) is 4.74 Å². The Labute approximate surface area is 106 Å². The summed E-state index contributed by atoms with van der Waals surface area (Å²) < 4.78 is 16.2. The third-order valence-corrected chi connectivity index (χ3v) is 2.87. The van der Waals surface area contributed by atoms with Gasteiger partial charge in [0.2, 0.25) is 6.29 Å². The molecule has 1 aliphatic rings. The van der Waals surface area contributed by atoms with Crippen molar-refractivity contribution >= 4 is 0 Å². The van der Waals surface area contributed by atoms with Gasteiger partial charge in [0.05, 0.1) is 25.9 Å². The summed E-state index contributed by atoms with van der Waals surface area (Å²) in [6.07, 6.45) is -0.544. The summed E-state index contributed by atoms with van der Waals surface area (Å²) in [4.78, 5) is 0. The molecule has 1 aromatic carbocycles. The number of aliphatic hydroxyl groups is 2. The van der Waals surface area contributed by atoms with Crippen molar-refractivity contribution < 1.29 is 24.4 Å². The van der Waals surface area contributed by atoms with E-state index in [-0.39, 0.29) is 12.7 Å². The van der Waals surface area contributed by atoms with Crippen LogP contribution in [0.1, 0.15) is 12.8 Å². The molecule has 1 fully saturated rings. The lowest BCUT2D eigenvalue weighted by Crippen LogP contribution is -2.40. The number of ether oxygens (including phenoxy) is 3. The van der Waals surface area contributed by atoms with Crippen LogP contribution in [0, 0.1) is 0 Å². The van der Waals surface area contributed by atoms with Gasteiger partial charge >= 0.3 is 0 Å². The SMILES string of the molecule is COc1ccc(O[C@H]2C[C@@H](O)C[C@@H](CO)O2)cc1. The van der Waals surface area contributed by atoms with Gasteiger partial charge < -0.3 is 24.4 Å². The van der Waals surface area contributed by atoms with Gasteiger partial charge in [0.15, 0.2) is 0 Å².